The first kappa shape index (κ1) is 13.3. The van der Waals surface area contributed by atoms with Gasteiger partial charge in [-0.15, -0.1) is 21.5 Å². The van der Waals surface area contributed by atoms with Gasteiger partial charge >= 0.3 is 0 Å². The lowest BCUT2D eigenvalue weighted by molar-refractivity contribution is 0.0953. The third kappa shape index (κ3) is 2.23. The Hall–Kier alpha value is -2.41. The topological polar surface area (TPSA) is 64.7 Å². The normalized spacial score (nSPS) is 13.3. The molecule has 3 aromatic heterocycles. The molecule has 0 aliphatic carbocycles. The maximum Gasteiger partial charge on any atom is 0.263 e. The summed E-state index contributed by atoms with van der Waals surface area (Å²) in [6.45, 7) is 1.36. The van der Waals surface area contributed by atoms with Crippen molar-refractivity contribution >= 4 is 17.2 Å². The zero-order chi connectivity index (χ0) is 14.9. The minimum absolute atomic E-state index is 0.0750. The predicted molar refractivity (Wildman–Crippen MR) is 83.2 cm³/mol. The Bertz CT molecular complexity index is 802. The summed E-state index contributed by atoms with van der Waals surface area (Å²) in [6, 6.07) is 5.84. The second-order valence-electron chi connectivity index (χ2n) is 5.20. The molecule has 0 saturated carbocycles. The van der Waals surface area contributed by atoms with Gasteiger partial charge in [0.25, 0.3) is 5.91 Å². The van der Waals surface area contributed by atoms with E-state index in [0.29, 0.717) is 11.4 Å². The summed E-state index contributed by atoms with van der Waals surface area (Å²) in [5, 5.41) is 13.2. The Labute approximate surface area is 131 Å². The number of hydrogen-bond donors (Lipinski definition) is 1. The van der Waals surface area contributed by atoms with Crippen molar-refractivity contribution in [1.82, 2.24) is 24.6 Å². The van der Waals surface area contributed by atoms with Crippen molar-refractivity contribution in [2.24, 2.45) is 0 Å². The van der Waals surface area contributed by atoms with Gasteiger partial charge in [-0.1, -0.05) is 0 Å². The molecule has 4 heterocycles. The van der Waals surface area contributed by atoms with Crippen molar-refractivity contribution in [2.75, 3.05) is 0 Å². The Balaban J connectivity index is 1.50. The summed E-state index contributed by atoms with van der Waals surface area (Å²) >= 11 is 1.44. The molecule has 0 unspecified atom stereocenters. The molecule has 6 nitrogen and oxygen atoms in total. The lowest BCUT2D eigenvalue weighted by atomic mass is 10.3. The highest BCUT2D eigenvalue weighted by Crippen LogP contribution is 2.21. The van der Waals surface area contributed by atoms with Gasteiger partial charge in [0, 0.05) is 25.4 Å². The highest BCUT2D eigenvalue weighted by atomic mass is 32.1. The van der Waals surface area contributed by atoms with Gasteiger partial charge in [-0.2, -0.15) is 0 Å². The molecule has 22 heavy (non-hydrogen) atoms. The minimum atomic E-state index is -0.0750. The van der Waals surface area contributed by atoms with Crippen molar-refractivity contribution in [3.05, 3.63) is 52.5 Å². The SMILES string of the molecule is O=C(NCc1nnc2n1CCC2)c1sccc1-n1cccc1. The fraction of sp³-hybridized carbons (Fsp3) is 0.267. The van der Waals surface area contributed by atoms with Crippen LogP contribution in [-0.2, 0) is 19.5 Å². The molecule has 112 valence electrons. The molecular weight excluding hydrogens is 298 g/mol. The molecule has 0 atom stereocenters. The van der Waals surface area contributed by atoms with E-state index in [4.69, 9.17) is 0 Å². The molecule has 4 rings (SSSR count). The largest absolute Gasteiger partial charge is 0.344 e. The number of amides is 1. The molecule has 0 radical (unpaired) electrons. The number of fused-ring (bicyclic) bond motifs is 1. The number of carbonyl (C=O) groups is 1. The first-order valence-corrected chi connectivity index (χ1v) is 8.11. The number of aromatic nitrogens is 4. The first-order chi connectivity index (χ1) is 10.8. The summed E-state index contributed by atoms with van der Waals surface area (Å²) in [6.07, 6.45) is 5.95. The van der Waals surface area contributed by atoms with Crippen LogP contribution < -0.4 is 5.32 Å². The zero-order valence-electron chi connectivity index (χ0n) is 11.9. The van der Waals surface area contributed by atoms with Crippen LogP contribution in [0.2, 0.25) is 0 Å². The van der Waals surface area contributed by atoms with Gasteiger partial charge in [0.05, 0.1) is 12.2 Å². The van der Waals surface area contributed by atoms with Crippen LogP contribution in [-0.4, -0.2) is 25.2 Å². The lowest BCUT2D eigenvalue weighted by Crippen LogP contribution is -2.24. The molecule has 0 aromatic carbocycles. The van der Waals surface area contributed by atoms with Crippen LogP contribution in [0.3, 0.4) is 0 Å². The standard InChI is InChI=1S/C15H15N5OS/c21-15(14-11(5-9-22-14)19-6-1-2-7-19)16-10-13-18-17-12-4-3-8-20(12)13/h1-2,5-7,9H,3-4,8,10H2,(H,16,21). The maximum atomic E-state index is 12.4. The number of nitrogens with one attached hydrogen (secondary N) is 1. The van der Waals surface area contributed by atoms with Crippen LogP contribution in [0.25, 0.3) is 5.69 Å². The van der Waals surface area contributed by atoms with Crippen LogP contribution in [0, 0.1) is 0 Å². The van der Waals surface area contributed by atoms with Gasteiger partial charge < -0.3 is 14.5 Å². The summed E-state index contributed by atoms with van der Waals surface area (Å²) in [5.41, 5.74) is 0.902. The number of aryl methyl sites for hydroxylation is 1. The van der Waals surface area contributed by atoms with E-state index in [-0.39, 0.29) is 5.91 Å². The monoisotopic (exact) mass is 313 g/mol. The summed E-state index contributed by atoms with van der Waals surface area (Å²) in [4.78, 5) is 13.2. The second kappa shape index (κ2) is 5.42. The van der Waals surface area contributed by atoms with E-state index in [1.54, 1.807) is 0 Å². The van der Waals surface area contributed by atoms with E-state index in [1.165, 1.54) is 11.3 Å². The van der Waals surface area contributed by atoms with Crippen molar-refractivity contribution < 1.29 is 4.79 Å². The van der Waals surface area contributed by atoms with Gasteiger partial charge in [0.15, 0.2) is 5.82 Å². The van der Waals surface area contributed by atoms with Gasteiger partial charge in [-0.3, -0.25) is 4.79 Å². The average Bonchev–Trinajstić information content (AvgIpc) is 3.28. The fourth-order valence-corrected chi connectivity index (χ4v) is 3.56. The molecular formula is C15H15N5OS. The van der Waals surface area contributed by atoms with Crippen molar-refractivity contribution in [2.45, 2.75) is 25.9 Å². The van der Waals surface area contributed by atoms with Crippen LogP contribution >= 0.6 is 11.3 Å². The van der Waals surface area contributed by atoms with Crippen LogP contribution in [0.4, 0.5) is 0 Å². The fourth-order valence-electron chi connectivity index (χ4n) is 2.75. The quantitative estimate of drug-likeness (QED) is 0.801. The summed E-state index contributed by atoms with van der Waals surface area (Å²) in [5.74, 6) is 1.78. The third-order valence-electron chi connectivity index (χ3n) is 3.83. The van der Waals surface area contributed by atoms with Crippen molar-refractivity contribution in [3.8, 4) is 5.69 Å². The van der Waals surface area contributed by atoms with E-state index in [9.17, 15) is 4.79 Å². The Morgan fingerprint density at radius 3 is 3.05 bits per heavy atom. The molecule has 3 aromatic rings. The Morgan fingerprint density at radius 1 is 1.32 bits per heavy atom. The molecule has 0 bridgehead atoms. The molecule has 1 amide bonds. The number of hydrogen-bond acceptors (Lipinski definition) is 4. The van der Waals surface area contributed by atoms with Crippen molar-refractivity contribution in [1.29, 1.82) is 0 Å². The van der Waals surface area contributed by atoms with Crippen LogP contribution in [0.5, 0.6) is 0 Å². The highest BCUT2D eigenvalue weighted by Gasteiger charge is 2.19. The predicted octanol–water partition coefficient (Wildman–Crippen LogP) is 2.01. The number of nitrogens with zero attached hydrogens (tertiary/aromatic N) is 4. The Kier molecular flexibility index (Phi) is 3.27. The minimum Gasteiger partial charge on any atom is -0.344 e. The molecule has 0 spiro atoms. The van der Waals surface area contributed by atoms with Crippen molar-refractivity contribution in [3.63, 3.8) is 0 Å². The van der Waals surface area contributed by atoms with Gasteiger partial charge in [-0.25, -0.2) is 0 Å². The Morgan fingerprint density at radius 2 is 2.18 bits per heavy atom. The number of rotatable bonds is 4. The number of carbonyl (C=O) groups excluding carboxylic acids is 1. The molecule has 1 N–H and O–H groups in total. The van der Waals surface area contributed by atoms with Crippen LogP contribution in [0.15, 0.2) is 36.0 Å². The maximum absolute atomic E-state index is 12.4. The molecule has 1 aliphatic rings. The average molecular weight is 313 g/mol. The third-order valence-corrected chi connectivity index (χ3v) is 4.73. The van der Waals surface area contributed by atoms with Gasteiger partial charge in [-0.05, 0) is 30.0 Å². The van der Waals surface area contributed by atoms with Crippen LogP contribution in [0.1, 0.15) is 27.7 Å². The van der Waals surface area contributed by atoms with Gasteiger partial charge in [0.1, 0.15) is 10.7 Å². The lowest BCUT2D eigenvalue weighted by Gasteiger charge is -2.07. The molecule has 0 fully saturated rings. The van der Waals surface area contributed by atoms with E-state index >= 15 is 0 Å². The molecule has 1 aliphatic heterocycles. The smallest absolute Gasteiger partial charge is 0.263 e. The van der Waals surface area contributed by atoms with E-state index in [0.717, 1.165) is 36.7 Å². The van der Waals surface area contributed by atoms with E-state index < -0.39 is 0 Å². The number of thiophene rings is 1. The summed E-state index contributed by atoms with van der Waals surface area (Å²) in [7, 11) is 0. The molecule has 7 heteroatoms. The highest BCUT2D eigenvalue weighted by molar-refractivity contribution is 7.12. The van der Waals surface area contributed by atoms with E-state index in [1.807, 2.05) is 40.5 Å². The summed E-state index contributed by atoms with van der Waals surface area (Å²) < 4.78 is 4.04. The van der Waals surface area contributed by atoms with E-state index in [2.05, 4.69) is 20.1 Å². The molecule has 0 saturated heterocycles. The van der Waals surface area contributed by atoms with Gasteiger partial charge in [0.2, 0.25) is 0 Å². The first-order valence-electron chi connectivity index (χ1n) is 7.23. The zero-order valence-corrected chi connectivity index (χ0v) is 12.7. The second-order valence-corrected chi connectivity index (χ2v) is 6.11.